The number of carbonyl (C=O) groups excluding carboxylic acids is 1. The average Bonchev–Trinajstić information content (AvgIpc) is 2.47. The molecule has 1 amide bonds. The Morgan fingerprint density at radius 1 is 1.32 bits per heavy atom. The number of nitrogens with two attached hydrogens (primary N) is 1. The van der Waals surface area contributed by atoms with Gasteiger partial charge in [0.1, 0.15) is 11.5 Å². The van der Waals surface area contributed by atoms with E-state index < -0.39 is 23.3 Å². The molecule has 2 rings (SSSR count). The lowest BCUT2D eigenvalue weighted by molar-refractivity contribution is -0.497. The molecule has 9 heteroatoms. The van der Waals surface area contributed by atoms with Crippen LogP contribution < -0.4 is 10.4 Å². The number of pyridine rings is 2. The Morgan fingerprint density at radius 2 is 2.05 bits per heavy atom. The maximum Gasteiger partial charge on any atom is 0.419 e. The number of aromatic nitrogens is 2. The fraction of sp³-hybridized carbons (Fsp3) is 0.154. The molecule has 0 fully saturated rings. The van der Waals surface area contributed by atoms with Gasteiger partial charge in [0.05, 0.1) is 11.3 Å². The number of nitrogens with zero attached hydrogens (tertiary/aromatic N) is 3. The molecule has 116 valence electrons. The number of alkyl halides is 3. The number of rotatable bonds is 3. The SMILES string of the molecule is CC(=O)N(c1cc([NH2+][O-])ccn1)c1ccncc1C(F)(F)F. The number of hydrogen-bond donors (Lipinski definition) is 1. The molecule has 2 aromatic rings. The van der Waals surface area contributed by atoms with E-state index >= 15 is 0 Å². The second kappa shape index (κ2) is 6.08. The number of anilines is 2. The van der Waals surface area contributed by atoms with Crippen LogP contribution in [0.4, 0.5) is 30.4 Å². The third-order valence-corrected chi connectivity index (χ3v) is 2.79. The predicted octanol–water partition coefficient (Wildman–Crippen LogP) is 1.87. The van der Waals surface area contributed by atoms with Gasteiger partial charge in [-0.2, -0.15) is 13.2 Å². The van der Waals surface area contributed by atoms with Crippen molar-refractivity contribution in [1.82, 2.24) is 9.97 Å². The van der Waals surface area contributed by atoms with Crippen molar-refractivity contribution in [1.29, 1.82) is 0 Å². The molecule has 0 saturated heterocycles. The van der Waals surface area contributed by atoms with Crippen LogP contribution in [0.25, 0.3) is 0 Å². The van der Waals surface area contributed by atoms with Gasteiger partial charge in [0.15, 0.2) is 0 Å². The number of quaternary nitrogens is 1. The fourth-order valence-corrected chi connectivity index (χ4v) is 1.88. The second-order valence-electron chi connectivity index (χ2n) is 4.31. The van der Waals surface area contributed by atoms with Gasteiger partial charge < -0.3 is 10.7 Å². The lowest BCUT2D eigenvalue weighted by Crippen LogP contribution is -2.70. The summed E-state index contributed by atoms with van der Waals surface area (Å²) in [5.41, 5.74) is -0.756. The van der Waals surface area contributed by atoms with Crippen molar-refractivity contribution in [3.8, 4) is 0 Å². The third kappa shape index (κ3) is 3.21. The Hall–Kier alpha value is -2.52. The van der Waals surface area contributed by atoms with Crippen LogP contribution in [0.5, 0.6) is 0 Å². The van der Waals surface area contributed by atoms with Gasteiger partial charge in [0, 0.05) is 37.6 Å². The lowest BCUT2D eigenvalue weighted by atomic mass is 10.2. The van der Waals surface area contributed by atoms with Gasteiger partial charge in [-0.15, -0.1) is 0 Å². The molecule has 6 nitrogen and oxygen atoms in total. The zero-order valence-electron chi connectivity index (χ0n) is 11.3. The zero-order chi connectivity index (χ0) is 16.3. The van der Waals surface area contributed by atoms with Crippen molar-refractivity contribution >= 4 is 23.1 Å². The van der Waals surface area contributed by atoms with E-state index in [0.29, 0.717) is 11.7 Å². The van der Waals surface area contributed by atoms with E-state index in [-0.39, 0.29) is 11.5 Å². The topological polar surface area (TPSA) is 85.8 Å². The Bertz CT molecular complexity index is 691. The molecule has 0 aliphatic heterocycles. The van der Waals surface area contributed by atoms with Crippen LogP contribution in [0.3, 0.4) is 0 Å². The zero-order valence-corrected chi connectivity index (χ0v) is 11.3. The summed E-state index contributed by atoms with van der Waals surface area (Å²) in [6.07, 6.45) is -1.66. The monoisotopic (exact) mass is 312 g/mol. The molecule has 0 spiro atoms. The minimum Gasteiger partial charge on any atom is -0.630 e. The van der Waals surface area contributed by atoms with E-state index in [2.05, 4.69) is 9.97 Å². The molecule has 0 aromatic carbocycles. The van der Waals surface area contributed by atoms with Gasteiger partial charge >= 0.3 is 6.18 Å². The van der Waals surface area contributed by atoms with E-state index in [1.54, 1.807) is 0 Å². The van der Waals surface area contributed by atoms with E-state index in [1.165, 1.54) is 18.3 Å². The van der Waals surface area contributed by atoms with E-state index in [1.807, 2.05) is 0 Å². The molecule has 22 heavy (non-hydrogen) atoms. The summed E-state index contributed by atoms with van der Waals surface area (Å²) < 4.78 is 39.2. The first-order valence-electron chi connectivity index (χ1n) is 6.07. The highest BCUT2D eigenvalue weighted by atomic mass is 19.4. The Kier molecular flexibility index (Phi) is 4.38. The Morgan fingerprint density at radius 3 is 2.64 bits per heavy atom. The van der Waals surface area contributed by atoms with Crippen LogP contribution in [0.15, 0.2) is 36.8 Å². The molecule has 2 heterocycles. The molecule has 0 aliphatic carbocycles. The van der Waals surface area contributed by atoms with Gasteiger partial charge in [-0.25, -0.2) is 4.98 Å². The molecule has 0 radical (unpaired) electrons. The normalized spacial score (nSPS) is 11.3. The Labute approximate surface area is 123 Å². The third-order valence-electron chi connectivity index (χ3n) is 2.79. The largest absolute Gasteiger partial charge is 0.630 e. The molecule has 2 aromatic heterocycles. The van der Waals surface area contributed by atoms with Crippen molar-refractivity contribution in [3.63, 3.8) is 0 Å². The van der Waals surface area contributed by atoms with Gasteiger partial charge in [-0.05, 0) is 6.07 Å². The molecule has 0 aliphatic rings. The van der Waals surface area contributed by atoms with Gasteiger partial charge in [-0.3, -0.25) is 14.7 Å². The highest BCUT2D eigenvalue weighted by Crippen LogP contribution is 2.38. The predicted molar refractivity (Wildman–Crippen MR) is 71.2 cm³/mol. The quantitative estimate of drug-likeness (QED) is 0.877. The summed E-state index contributed by atoms with van der Waals surface area (Å²) >= 11 is 0. The molecule has 0 saturated carbocycles. The minimum absolute atomic E-state index is 0.0752. The van der Waals surface area contributed by atoms with Crippen LogP contribution in [-0.4, -0.2) is 15.9 Å². The standard InChI is InChI=1S/C13H11F3N4O2/c1-8(21)20(12-6-9(19-22)2-5-18-12)11-3-4-17-7-10(11)13(14,15)16/h2-7H,19H2,1H3. The molecular weight excluding hydrogens is 301 g/mol. The molecule has 0 bridgehead atoms. The van der Waals surface area contributed by atoms with Crippen LogP contribution in [0.1, 0.15) is 12.5 Å². The molecule has 0 unspecified atom stereocenters. The summed E-state index contributed by atoms with van der Waals surface area (Å²) in [4.78, 5) is 19.9. The van der Waals surface area contributed by atoms with Gasteiger partial charge in [0.2, 0.25) is 5.91 Å². The summed E-state index contributed by atoms with van der Waals surface area (Å²) in [5, 5.41) is 10.8. The highest BCUT2D eigenvalue weighted by molar-refractivity contribution is 5.99. The maximum absolute atomic E-state index is 13.1. The number of amides is 1. The summed E-state index contributed by atoms with van der Waals surface area (Å²) in [6, 6.07) is 3.68. The molecule has 0 atom stereocenters. The fourth-order valence-electron chi connectivity index (χ4n) is 1.88. The summed E-state index contributed by atoms with van der Waals surface area (Å²) in [7, 11) is 0. The van der Waals surface area contributed by atoms with Crippen molar-refractivity contribution < 1.29 is 23.4 Å². The van der Waals surface area contributed by atoms with Crippen molar-refractivity contribution in [3.05, 3.63) is 47.6 Å². The Balaban J connectivity index is 2.61. The van der Waals surface area contributed by atoms with Crippen molar-refractivity contribution in [2.75, 3.05) is 4.90 Å². The lowest BCUT2D eigenvalue weighted by Gasteiger charge is -2.23. The van der Waals surface area contributed by atoms with Crippen LogP contribution >= 0.6 is 0 Å². The number of hydrogen-bond acceptors (Lipinski definition) is 4. The first-order valence-corrected chi connectivity index (χ1v) is 6.07. The second-order valence-corrected chi connectivity index (χ2v) is 4.31. The van der Waals surface area contributed by atoms with Crippen LogP contribution in [0, 0.1) is 5.21 Å². The van der Waals surface area contributed by atoms with E-state index in [0.717, 1.165) is 24.1 Å². The van der Waals surface area contributed by atoms with E-state index in [4.69, 9.17) is 0 Å². The minimum atomic E-state index is -4.68. The number of halogens is 3. The molecular formula is C13H11F3N4O2. The maximum atomic E-state index is 13.1. The highest BCUT2D eigenvalue weighted by Gasteiger charge is 2.36. The van der Waals surface area contributed by atoms with Gasteiger partial charge in [-0.1, -0.05) is 0 Å². The van der Waals surface area contributed by atoms with Crippen molar-refractivity contribution in [2.24, 2.45) is 0 Å². The molecule has 2 N–H and O–H groups in total. The van der Waals surface area contributed by atoms with E-state index in [9.17, 15) is 23.2 Å². The number of carbonyl (C=O) groups is 1. The average molecular weight is 312 g/mol. The van der Waals surface area contributed by atoms with Crippen LogP contribution in [0.2, 0.25) is 0 Å². The van der Waals surface area contributed by atoms with Crippen molar-refractivity contribution in [2.45, 2.75) is 13.1 Å². The smallest absolute Gasteiger partial charge is 0.419 e. The summed E-state index contributed by atoms with van der Waals surface area (Å²) in [6.45, 7) is 1.11. The first kappa shape index (κ1) is 15.9. The summed E-state index contributed by atoms with van der Waals surface area (Å²) in [5.74, 6) is -0.749. The van der Waals surface area contributed by atoms with Crippen LogP contribution in [-0.2, 0) is 11.0 Å². The van der Waals surface area contributed by atoms with Gasteiger partial charge in [0.25, 0.3) is 0 Å². The first-order chi connectivity index (χ1) is 10.3.